The molecule has 0 fully saturated rings. The minimum Gasteiger partial charge on any atom is -0.320 e. The first kappa shape index (κ1) is 9.71. The summed E-state index contributed by atoms with van der Waals surface area (Å²) < 4.78 is 0. The van der Waals surface area contributed by atoms with Gasteiger partial charge in [-0.05, 0) is 12.0 Å². The highest BCUT2D eigenvalue weighted by Gasteiger charge is 2.10. The molecular weight excluding hydrogens is 190 g/mol. The van der Waals surface area contributed by atoms with Gasteiger partial charge in [-0.3, -0.25) is 4.79 Å². The Morgan fingerprint density at radius 3 is 2.47 bits per heavy atom. The molecule has 4 nitrogen and oxygen atoms in total. The van der Waals surface area contributed by atoms with Crippen LogP contribution in [0.25, 0.3) is 10.8 Å². The van der Waals surface area contributed by atoms with Crippen LogP contribution in [0.3, 0.4) is 0 Å². The number of nitrogens with zero attached hydrogens (tertiary/aromatic N) is 2. The summed E-state index contributed by atoms with van der Waals surface area (Å²) in [4.78, 5) is 12.6. The van der Waals surface area contributed by atoms with Crippen molar-refractivity contribution in [2.45, 2.75) is 19.8 Å². The predicted octanol–water partition coefficient (Wildman–Crippen LogP) is 1.23. The number of aromatic nitrogens is 2. The molecule has 0 spiro atoms. The smallest absolute Gasteiger partial charge is 0.293 e. The van der Waals surface area contributed by atoms with Gasteiger partial charge in [0.2, 0.25) is 0 Å². The summed E-state index contributed by atoms with van der Waals surface area (Å²) in [6.07, 6.45) is 0. The SMILES string of the molecule is CC(C)c1nn(N)c(=O)c2ccccc12. The van der Waals surface area contributed by atoms with Gasteiger partial charge < -0.3 is 5.84 Å². The van der Waals surface area contributed by atoms with Crippen LogP contribution in [0.2, 0.25) is 0 Å². The molecule has 0 saturated carbocycles. The molecular formula is C11H13N3O. The third-order valence-electron chi connectivity index (χ3n) is 2.40. The largest absolute Gasteiger partial charge is 0.320 e. The van der Waals surface area contributed by atoms with E-state index in [4.69, 9.17) is 5.84 Å². The van der Waals surface area contributed by atoms with Crippen molar-refractivity contribution >= 4 is 10.8 Å². The van der Waals surface area contributed by atoms with E-state index in [0.29, 0.717) is 5.39 Å². The molecule has 1 aromatic carbocycles. The maximum absolute atomic E-state index is 11.7. The fourth-order valence-corrected chi connectivity index (χ4v) is 1.66. The fourth-order valence-electron chi connectivity index (χ4n) is 1.66. The lowest BCUT2D eigenvalue weighted by Crippen LogP contribution is -2.31. The van der Waals surface area contributed by atoms with E-state index in [1.807, 2.05) is 32.0 Å². The number of rotatable bonds is 1. The molecule has 0 aliphatic heterocycles. The standard InChI is InChI=1S/C11H13N3O/c1-7(2)10-8-5-3-4-6-9(8)11(15)14(12)13-10/h3-7H,12H2,1-2H3. The Kier molecular flexibility index (Phi) is 2.19. The summed E-state index contributed by atoms with van der Waals surface area (Å²) in [5.41, 5.74) is 0.600. The Hall–Kier alpha value is -1.84. The molecule has 0 bridgehead atoms. The third kappa shape index (κ3) is 1.48. The maximum atomic E-state index is 11.7. The Bertz CT molecular complexity index is 557. The molecule has 0 amide bonds. The normalized spacial score (nSPS) is 11.1. The van der Waals surface area contributed by atoms with Crippen molar-refractivity contribution in [2.75, 3.05) is 5.84 Å². The second-order valence-corrected chi connectivity index (χ2v) is 3.84. The van der Waals surface area contributed by atoms with Crippen molar-refractivity contribution in [2.24, 2.45) is 0 Å². The average Bonchev–Trinajstić information content (AvgIpc) is 2.23. The highest BCUT2D eigenvalue weighted by atomic mass is 16.1. The molecule has 1 heterocycles. The second-order valence-electron chi connectivity index (χ2n) is 3.84. The van der Waals surface area contributed by atoms with Crippen LogP contribution in [-0.2, 0) is 0 Å². The van der Waals surface area contributed by atoms with Crippen molar-refractivity contribution in [3.8, 4) is 0 Å². The van der Waals surface area contributed by atoms with Gasteiger partial charge >= 0.3 is 0 Å². The lowest BCUT2D eigenvalue weighted by molar-refractivity contribution is 0.703. The number of fused-ring (bicyclic) bond motifs is 1. The molecule has 2 aromatic rings. The van der Waals surface area contributed by atoms with E-state index in [1.54, 1.807) is 6.07 Å². The van der Waals surface area contributed by atoms with Gasteiger partial charge in [-0.1, -0.05) is 32.0 Å². The lowest BCUT2D eigenvalue weighted by Gasteiger charge is -2.09. The first-order chi connectivity index (χ1) is 7.11. The van der Waals surface area contributed by atoms with Crippen LogP contribution >= 0.6 is 0 Å². The van der Waals surface area contributed by atoms with E-state index in [9.17, 15) is 4.79 Å². The quantitative estimate of drug-likeness (QED) is 0.709. The highest BCUT2D eigenvalue weighted by Crippen LogP contribution is 2.19. The molecule has 15 heavy (non-hydrogen) atoms. The lowest BCUT2D eigenvalue weighted by atomic mass is 10.0. The minimum atomic E-state index is -0.255. The van der Waals surface area contributed by atoms with Crippen LogP contribution < -0.4 is 11.4 Å². The van der Waals surface area contributed by atoms with Gasteiger partial charge in [-0.15, -0.1) is 4.79 Å². The van der Waals surface area contributed by atoms with Crippen LogP contribution in [0.1, 0.15) is 25.5 Å². The summed E-state index contributed by atoms with van der Waals surface area (Å²) >= 11 is 0. The highest BCUT2D eigenvalue weighted by molar-refractivity contribution is 5.83. The zero-order valence-corrected chi connectivity index (χ0v) is 8.77. The molecule has 0 aliphatic rings. The molecule has 1 aromatic heterocycles. The molecule has 4 heteroatoms. The summed E-state index contributed by atoms with van der Waals surface area (Å²) in [6, 6.07) is 7.40. The molecule has 2 N–H and O–H groups in total. The maximum Gasteiger partial charge on any atom is 0.293 e. The van der Waals surface area contributed by atoms with Crippen molar-refractivity contribution in [1.29, 1.82) is 0 Å². The first-order valence-corrected chi connectivity index (χ1v) is 4.88. The Morgan fingerprint density at radius 1 is 1.27 bits per heavy atom. The van der Waals surface area contributed by atoms with E-state index in [1.165, 1.54) is 0 Å². The van der Waals surface area contributed by atoms with Gasteiger partial charge in [0.15, 0.2) is 0 Å². The van der Waals surface area contributed by atoms with Gasteiger partial charge in [-0.2, -0.15) is 5.10 Å². The summed E-state index contributed by atoms with van der Waals surface area (Å²) in [5.74, 6) is 5.76. The molecule has 2 rings (SSSR count). The summed E-state index contributed by atoms with van der Waals surface area (Å²) in [7, 11) is 0. The monoisotopic (exact) mass is 203 g/mol. The topological polar surface area (TPSA) is 60.9 Å². The number of nitrogens with two attached hydrogens (primary N) is 1. The number of hydrogen-bond donors (Lipinski definition) is 1. The van der Waals surface area contributed by atoms with E-state index in [-0.39, 0.29) is 11.5 Å². The zero-order valence-electron chi connectivity index (χ0n) is 8.77. The molecule has 0 saturated heterocycles. The Labute approximate surface area is 87.3 Å². The van der Waals surface area contributed by atoms with Gasteiger partial charge in [0.05, 0.1) is 11.1 Å². The third-order valence-corrected chi connectivity index (χ3v) is 2.40. The van der Waals surface area contributed by atoms with E-state index in [2.05, 4.69) is 5.10 Å². The summed E-state index contributed by atoms with van der Waals surface area (Å²) in [5, 5.41) is 5.59. The van der Waals surface area contributed by atoms with Crippen LogP contribution in [-0.4, -0.2) is 9.89 Å². The minimum absolute atomic E-state index is 0.241. The van der Waals surface area contributed by atoms with Crippen LogP contribution in [0.15, 0.2) is 29.1 Å². The fraction of sp³-hybridized carbons (Fsp3) is 0.273. The van der Waals surface area contributed by atoms with Crippen molar-refractivity contribution in [1.82, 2.24) is 9.89 Å². The van der Waals surface area contributed by atoms with Gasteiger partial charge in [-0.25, -0.2) is 0 Å². The predicted molar refractivity (Wildman–Crippen MR) is 60.2 cm³/mol. The van der Waals surface area contributed by atoms with Crippen molar-refractivity contribution < 1.29 is 0 Å². The van der Waals surface area contributed by atoms with Crippen molar-refractivity contribution in [3.05, 3.63) is 40.3 Å². The van der Waals surface area contributed by atoms with E-state index >= 15 is 0 Å². The molecule has 0 radical (unpaired) electrons. The number of nitrogen functional groups attached to an aromatic ring is 1. The van der Waals surface area contributed by atoms with Crippen LogP contribution in [0.5, 0.6) is 0 Å². The Balaban J connectivity index is 2.95. The first-order valence-electron chi connectivity index (χ1n) is 4.88. The molecule has 0 aliphatic carbocycles. The number of benzene rings is 1. The second kappa shape index (κ2) is 3.38. The van der Waals surface area contributed by atoms with Crippen molar-refractivity contribution in [3.63, 3.8) is 0 Å². The Morgan fingerprint density at radius 2 is 1.87 bits per heavy atom. The van der Waals surface area contributed by atoms with Crippen LogP contribution in [0, 0.1) is 0 Å². The molecule has 0 atom stereocenters. The summed E-state index contributed by atoms with van der Waals surface area (Å²) in [6.45, 7) is 4.05. The van der Waals surface area contributed by atoms with Gasteiger partial charge in [0.1, 0.15) is 0 Å². The van der Waals surface area contributed by atoms with Gasteiger partial charge in [0, 0.05) is 5.39 Å². The van der Waals surface area contributed by atoms with Gasteiger partial charge in [0.25, 0.3) is 5.56 Å². The molecule has 0 unspecified atom stereocenters. The molecule has 78 valence electrons. The number of hydrogen-bond acceptors (Lipinski definition) is 3. The zero-order chi connectivity index (χ0) is 11.0. The average molecular weight is 203 g/mol. The van der Waals surface area contributed by atoms with E-state index < -0.39 is 0 Å². The van der Waals surface area contributed by atoms with E-state index in [0.717, 1.165) is 15.9 Å². The van der Waals surface area contributed by atoms with Crippen LogP contribution in [0.4, 0.5) is 0 Å².